The minimum absolute atomic E-state index is 0.0756. The molecule has 2 amide bonds. The Morgan fingerprint density at radius 2 is 2.25 bits per heavy atom. The van der Waals surface area contributed by atoms with Crippen LogP contribution in [-0.2, 0) is 9.59 Å². The van der Waals surface area contributed by atoms with E-state index in [1.807, 2.05) is 11.0 Å². The number of nitrogens with one attached hydrogen (secondary N) is 2. The summed E-state index contributed by atoms with van der Waals surface area (Å²) >= 11 is 0. The van der Waals surface area contributed by atoms with Crippen molar-refractivity contribution in [2.75, 3.05) is 25.0 Å². The van der Waals surface area contributed by atoms with Crippen molar-refractivity contribution in [2.24, 2.45) is 0 Å². The minimum Gasteiger partial charge on any atom is -0.354 e. The van der Waals surface area contributed by atoms with E-state index in [-0.39, 0.29) is 18.4 Å². The number of benzene rings is 1. The SMILES string of the molecule is CC(C(=O)Nc1ccccc1C#N)N1CCNC(=O)C1. The van der Waals surface area contributed by atoms with Crippen molar-refractivity contribution in [3.8, 4) is 6.07 Å². The van der Waals surface area contributed by atoms with Gasteiger partial charge in [0.25, 0.3) is 0 Å². The maximum atomic E-state index is 12.2. The molecule has 1 aromatic carbocycles. The van der Waals surface area contributed by atoms with Gasteiger partial charge in [0.05, 0.1) is 23.8 Å². The Bertz CT molecular complexity index is 565. The fourth-order valence-electron chi connectivity index (χ4n) is 2.08. The van der Waals surface area contributed by atoms with Crippen LogP contribution in [0.5, 0.6) is 0 Å². The molecule has 1 aliphatic rings. The molecule has 1 unspecified atom stereocenters. The van der Waals surface area contributed by atoms with Crippen LogP contribution >= 0.6 is 0 Å². The number of carbonyl (C=O) groups is 2. The molecule has 0 radical (unpaired) electrons. The third-order valence-electron chi connectivity index (χ3n) is 3.30. The van der Waals surface area contributed by atoms with Gasteiger partial charge in [-0.3, -0.25) is 14.5 Å². The highest BCUT2D eigenvalue weighted by Crippen LogP contribution is 2.14. The number of nitriles is 1. The monoisotopic (exact) mass is 272 g/mol. The van der Waals surface area contributed by atoms with Crippen LogP contribution in [0.3, 0.4) is 0 Å². The normalized spacial score (nSPS) is 16.9. The van der Waals surface area contributed by atoms with Gasteiger partial charge < -0.3 is 10.6 Å². The fraction of sp³-hybridized carbons (Fsp3) is 0.357. The van der Waals surface area contributed by atoms with E-state index in [9.17, 15) is 9.59 Å². The lowest BCUT2D eigenvalue weighted by Crippen LogP contribution is -2.53. The third-order valence-corrected chi connectivity index (χ3v) is 3.30. The van der Waals surface area contributed by atoms with Crippen molar-refractivity contribution in [2.45, 2.75) is 13.0 Å². The molecule has 1 aromatic rings. The van der Waals surface area contributed by atoms with Gasteiger partial charge in [0, 0.05) is 13.1 Å². The number of amides is 2. The molecule has 0 spiro atoms. The molecule has 0 aliphatic carbocycles. The number of nitrogens with zero attached hydrogens (tertiary/aromatic N) is 2. The lowest BCUT2D eigenvalue weighted by Gasteiger charge is -2.31. The van der Waals surface area contributed by atoms with Crippen molar-refractivity contribution in [3.63, 3.8) is 0 Å². The molecule has 20 heavy (non-hydrogen) atoms. The zero-order chi connectivity index (χ0) is 14.5. The number of piperazine rings is 1. The van der Waals surface area contributed by atoms with Crippen molar-refractivity contribution in [1.29, 1.82) is 5.26 Å². The molecule has 6 nitrogen and oxygen atoms in total. The molecule has 1 fully saturated rings. The Morgan fingerprint density at radius 1 is 1.50 bits per heavy atom. The average molecular weight is 272 g/mol. The first-order valence-corrected chi connectivity index (χ1v) is 6.42. The Balaban J connectivity index is 2.04. The second-order valence-corrected chi connectivity index (χ2v) is 4.64. The summed E-state index contributed by atoms with van der Waals surface area (Å²) in [6.07, 6.45) is 0. The topological polar surface area (TPSA) is 85.2 Å². The Labute approximate surface area is 117 Å². The maximum Gasteiger partial charge on any atom is 0.241 e. The van der Waals surface area contributed by atoms with Gasteiger partial charge in [0.15, 0.2) is 0 Å². The molecule has 1 heterocycles. The van der Waals surface area contributed by atoms with Crippen LogP contribution < -0.4 is 10.6 Å². The molecule has 6 heteroatoms. The minimum atomic E-state index is -0.423. The van der Waals surface area contributed by atoms with E-state index in [0.29, 0.717) is 24.3 Å². The highest BCUT2D eigenvalue weighted by atomic mass is 16.2. The van der Waals surface area contributed by atoms with E-state index in [0.717, 1.165) is 0 Å². The molecule has 1 aliphatic heterocycles. The van der Waals surface area contributed by atoms with Crippen LogP contribution in [0.25, 0.3) is 0 Å². The van der Waals surface area contributed by atoms with E-state index in [2.05, 4.69) is 10.6 Å². The lowest BCUT2D eigenvalue weighted by molar-refractivity contribution is -0.127. The van der Waals surface area contributed by atoms with Gasteiger partial charge in [-0.25, -0.2) is 0 Å². The first kappa shape index (κ1) is 14.0. The smallest absolute Gasteiger partial charge is 0.241 e. The summed E-state index contributed by atoms with van der Waals surface area (Å²) in [5.41, 5.74) is 0.915. The van der Waals surface area contributed by atoms with Crippen LogP contribution in [-0.4, -0.2) is 42.4 Å². The zero-order valence-corrected chi connectivity index (χ0v) is 11.2. The van der Waals surface area contributed by atoms with Crippen LogP contribution in [0.2, 0.25) is 0 Å². The molecule has 0 aromatic heterocycles. The predicted octanol–water partition coefficient (Wildman–Crippen LogP) is 0.317. The van der Waals surface area contributed by atoms with Gasteiger partial charge in [0.2, 0.25) is 11.8 Å². The summed E-state index contributed by atoms with van der Waals surface area (Å²) in [5.74, 6) is -0.296. The first-order valence-electron chi connectivity index (χ1n) is 6.42. The molecule has 1 saturated heterocycles. The van der Waals surface area contributed by atoms with E-state index >= 15 is 0 Å². The van der Waals surface area contributed by atoms with Gasteiger partial charge in [-0.2, -0.15) is 5.26 Å². The highest BCUT2D eigenvalue weighted by Gasteiger charge is 2.26. The molecule has 0 bridgehead atoms. The Kier molecular flexibility index (Phi) is 4.33. The molecule has 0 saturated carbocycles. The largest absolute Gasteiger partial charge is 0.354 e. The van der Waals surface area contributed by atoms with E-state index in [1.165, 1.54) is 0 Å². The van der Waals surface area contributed by atoms with E-state index < -0.39 is 6.04 Å². The molecular weight excluding hydrogens is 256 g/mol. The van der Waals surface area contributed by atoms with Gasteiger partial charge in [-0.15, -0.1) is 0 Å². The fourth-order valence-corrected chi connectivity index (χ4v) is 2.08. The summed E-state index contributed by atoms with van der Waals surface area (Å²) in [6.45, 7) is 3.16. The van der Waals surface area contributed by atoms with Crippen LogP contribution in [0.4, 0.5) is 5.69 Å². The maximum absolute atomic E-state index is 12.2. The number of carbonyl (C=O) groups excluding carboxylic acids is 2. The zero-order valence-electron chi connectivity index (χ0n) is 11.2. The van der Waals surface area contributed by atoms with Gasteiger partial charge >= 0.3 is 0 Å². The number of hydrogen-bond donors (Lipinski definition) is 2. The van der Waals surface area contributed by atoms with Gasteiger partial charge in [0.1, 0.15) is 6.07 Å². The van der Waals surface area contributed by atoms with Gasteiger partial charge in [-0.05, 0) is 19.1 Å². The summed E-state index contributed by atoms with van der Waals surface area (Å²) in [7, 11) is 0. The molecule has 2 rings (SSSR count). The summed E-state index contributed by atoms with van der Waals surface area (Å²) in [6, 6.07) is 8.45. The summed E-state index contributed by atoms with van der Waals surface area (Å²) < 4.78 is 0. The van der Waals surface area contributed by atoms with Crippen LogP contribution in [0, 0.1) is 11.3 Å². The quantitative estimate of drug-likeness (QED) is 0.829. The Morgan fingerprint density at radius 3 is 2.95 bits per heavy atom. The van der Waals surface area contributed by atoms with E-state index in [1.54, 1.807) is 31.2 Å². The predicted molar refractivity (Wildman–Crippen MR) is 73.8 cm³/mol. The van der Waals surface area contributed by atoms with E-state index in [4.69, 9.17) is 5.26 Å². The van der Waals surface area contributed by atoms with Crippen molar-refractivity contribution < 1.29 is 9.59 Å². The van der Waals surface area contributed by atoms with Crippen LogP contribution in [0.1, 0.15) is 12.5 Å². The second-order valence-electron chi connectivity index (χ2n) is 4.64. The molecule has 1 atom stereocenters. The summed E-state index contributed by atoms with van der Waals surface area (Å²) in [5, 5.41) is 14.4. The number of rotatable bonds is 3. The highest BCUT2D eigenvalue weighted by molar-refractivity contribution is 5.96. The van der Waals surface area contributed by atoms with Crippen LogP contribution in [0.15, 0.2) is 24.3 Å². The van der Waals surface area contributed by atoms with Crippen molar-refractivity contribution >= 4 is 17.5 Å². The molecule has 2 N–H and O–H groups in total. The number of para-hydroxylation sites is 1. The number of hydrogen-bond acceptors (Lipinski definition) is 4. The number of anilines is 1. The van der Waals surface area contributed by atoms with Crippen molar-refractivity contribution in [3.05, 3.63) is 29.8 Å². The lowest BCUT2D eigenvalue weighted by atomic mass is 10.1. The average Bonchev–Trinajstić information content (AvgIpc) is 2.47. The van der Waals surface area contributed by atoms with Crippen molar-refractivity contribution in [1.82, 2.24) is 10.2 Å². The summed E-state index contributed by atoms with van der Waals surface area (Å²) in [4.78, 5) is 25.3. The molecule has 104 valence electrons. The van der Waals surface area contributed by atoms with Gasteiger partial charge in [-0.1, -0.05) is 12.1 Å². The third kappa shape index (κ3) is 3.13. The standard InChI is InChI=1S/C14H16N4O2/c1-10(18-7-6-16-13(19)9-18)14(20)17-12-5-3-2-4-11(12)8-15/h2-5,10H,6-7,9H2,1H3,(H,16,19)(H,17,20). The first-order chi connectivity index (χ1) is 9.61. The second kappa shape index (κ2) is 6.17. The molecular formula is C14H16N4O2. The Hall–Kier alpha value is -2.39.